The molecule has 0 aromatic heterocycles. The molecule has 0 spiro atoms. The number of amides is 2. The number of hydrogen-bond acceptors (Lipinski definition) is 5. The lowest BCUT2D eigenvalue weighted by Gasteiger charge is -2.33. The van der Waals surface area contributed by atoms with Crippen molar-refractivity contribution >= 4 is 36.2 Å². The molecule has 0 bridgehead atoms. The zero-order chi connectivity index (χ0) is 23.9. The number of nitrogens with zero attached hydrogens (tertiary/aromatic N) is 1. The van der Waals surface area contributed by atoms with Gasteiger partial charge in [0, 0.05) is 35.2 Å². The molecular formula is C23H34BClN2O5. The van der Waals surface area contributed by atoms with E-state index in [-0.39, 0.29) is 18.0 Å². The summed E-state index contributed by atoms with van der Waals surface area (Å²) in [5, 5.41) is 3.47. The minimum absolute atomic E-state index is 0.0114. The van der Waals surface area contributed by atoms with E-state index in [9.17, 15) is 9.59 Å². The van der Waals surface area contributed by atoms with E-state index >= 15 is 0 Å². The van der Waals surface area contributed by atoms with Crippen LogP contribution in [-0.2, 0) is 14.0 Å². The Morgan fingerprint density at radius 3 is 2.19 bits per heavy atom. The molecule has 0 radical (unpaired) electrons. The number of hydrogen-bond donors (Lipinski definition) is 1. The fraction of sp³-hybridized carbons (Fsp3) is 0.652. The molecule has 9 heteroatoms. The summed E-state index contributed by atoms with van der Waals surface area (Å²) in [6.07, 6.45) is 1.03. The summed E-state index contributed by atoms with van der Waals surface area (Å²) in [5.74, 6) is -0.192. The number of nitrogens with one attached hydrogen (secondary N) is 1. The lowest BCUT2D eigenvalue weighted by Crippen LogP contribution is -2.47. The van der Waals surface area contributed by atoms with Crippen LogP contribution in [0.15, 0.2) is 18.2 Å². The first-order valence-corrected chi connectivity index (χ1v) is 11.5. The Hall–Kier alpha value is -1.77. The highest BCUT2D eigenvalue weighted by atomic mass is 35.5. The fourth-order valence-corrected chi connectivity index (χ4v) is 3.90. The van der Waals surface area contributed by atoms with Crippen molar-refractivity contribution in [3.05, 3.63) is 28.8 Å². The van der Waals surface area contributed by atoms with E-state index in [1.54, 1.807) is 23.1 Å². The zero-order valence-corrected chi connectivity index (χ0v) is 20.8. The average molecular weight is 465 g/mol. The van der Waals surface area contributed by atoms with Crippen LogP contribution < -0.4 is 10.8 Å². The molecule has 32 heavy (non-hydrogen) atoms. The molecule has 2 heterocycles. The Balaban J connectivity index is 1.57. The topological polar surface area (TPSA) is 77.1 Å². The van der Waals surface area contributed by atoms with Gasteiger partial charge < -0.3 is 24.3 Å². The van der Waals surface area contributed by atoms with Gasteiger partial charge in [0.05, 0.1) is 11.2 Å². The van der Waals surface area contributed by atoms with Gasteiger partial charge in [-0.2, -0.15) is 0 Å². The lowest BCUT2D eigenvalue weighted by molar-refractivity contribution is 0.00578. The summed E-state index contributed by atoms with van der Waals surface area (Å²) in [4.78, 5) is 26.7. The van der Waals surface area contributed by atoms with Gasteiger partial charge in [-0.25, -0.2) is 4.79 Å². The maximum Gasteiger partial charge on any atom is 0.496 e. The van der Waals surface area contributed by atoms with Crippen LogP contribution in [0.4, 0.5) is 4.79 Å². The van der Waals surface area contributed by atoms with Crippen LogP contribution in [0, 0.1) is 0 Å². The smallest absolute Gasteiger partial charge is 0.444 e. The van der Waals surface area contributed by atoms with Crippen LogP contribution in [0.2, 0.25) is 5.02 Å². The first kappa shape index (κ1) is 24.9. The standard InChI is InChI=1S/C23H34BClN2O5/c1-21(2,3)30-20(29)27-12-10-16(11-13-27)26-19(28)15-8-9-17(18(25)14-15)24-31-22(4,5)23(6,7)32-24/h8-9,14,16H,10-13H2,1-7H3,(H,26,28). The van der Waals surface area contributed by atoms with E-state index in [1.807, 2.05) is 48.5 Å². The van der Waals surface area contributed by atoms with Gasteiger partial charge in [0.2, 0.25) is 0 Å². The second-order valence-electron chi connectivity index (χ2n) is 10.5. The second kappa shape index (κ2) is 8.88. The summed E-state index contributed by atoms with van der Waals surface area (Å²) in [7, 11) is -0.582. The van der Waals surface area contributed by atoms with Crippen LogP contribution in [0.1, 0.15) is 71.7 Å². The van der Waals surface area contributed by atoms with E-state index < -0.39 is 23.9 Å². The molecule has 1 N–H and O–H groups in total. The van der Waals surface area contributed by atoms with Crippen LogP contribution in [0.3, 0.4) is 0 Å². The maximum atomic E-state index is 12.8. The van der Waals surface area contributed by atoms with Gasteiger partial charge in [0.25, 0.3) is 5.91 Å². The van der Waals surface area contributed by atoms with E-state index in [4.69, 9.17) is 25.6 Å². The minimum atomic E-state index is -0.582. The molecule has 2 aliphatic rings. The molecule has 7 nitrogen and oxygen atoms in total. The molecule has 0 aliphatic carbocycles. The van der Waals surface area contributed by atoms with Crippen molar-refractivity contribution in [2.75, 3.05) is 13.1 Å². The van der Waals surface area contributed by atoms with Gasteiger partial charge >= 0.3 is 13.2 Å². The largest absolute Gasteiger partial charge is 0.496 e. The Bertz CT molecular complexity index is 860. The molecular weight excluding hydrogens is 431 g/mol. The van der Waals surface area contributed by atoms with Crippen molar-refractivity contribution < 1.29 is 23.6 Å². The summed E-state index contributed by atoms with van der Waals surface area (Å²) >= 11 is 6.49. The first-order valence-electron chi connectivity index (χ1n) is 11.1. The number of ether oxygens (including phenoxy) is 1. The van der Waals surface area contributed by atoms with Crippen molar-refractivity contribution in [3.63, 3.8) is 0 Å². The second-order valence-corrected chi connectivity index (χ2v) is 10.9. The quantitative estimate of drug-likeness (QED) is 0.689. The SMILES string of the molecule is CC(C)(C)OC(=O)N1CCC(NC(=O)c2ccc(B3OC(C)(C)C(C)(C)O3)c(Cl)c2)CC1. The molecule has 0 atom stereocenters. The molecule has 176 valence electrons. The van der Waals surface area contributed by atoms with Gasteiger partial charge in [-0.05, 0) is 73.4 Å². The molecule has 3 rings (SSSR count). The average Bonchev–Trinajstić information content (AvgIpc) is 2.87. The molecule has 0 saturated carbocycles. The van der Waals surface area contributed by atoms with Crippen molar-refractivity contribution in [2.45, 2.75) is 84.2 Å². The van der Waals surface area contributed by atoms with E-state index in [1.165, 1.54) is 0 Å². The van der Waals surface area contributed by atoms with Gasteiger partial charge in [-0.1, -0.05) is 17.7 Å². The number of rotatable bonds is 3. The monoisotopic (exact) mass is 464 g/mol. The Morgan fingerprint density at radius 1 is 1.12 bits per heavy atom. The van der Waals surface area contributed by atoms with Crippen molar-refractivity contribution in [3.8, 4) is 0 Å². The van der Waals surface area contributed by atoms with Crippen molar-refractivity contribution in [1.29, 1.82) is 0 Å². The van der Waals surface area contributed by atoms with Crippen LogP contribution in [-0.4, -0.2) is 60.0 Å². The number of carbonyl (C=O) groups is 2. The Morgan fingerprint density at radius 2 is 1.69 bits per heavy atom. The molecule has 1 aromatic rings. The predicted molar refractivity (Wildman–Crippen MR) is 125 cm³/mol. The first-order chi connectivity index (χ1) is 14.7. The third-order valence-electron chi connectivity index (χ3n) is 6.25. The molecule has 2 amide bonds. The van der Waals surface area contributed by atoms with Crippen molar-refractivity contribution in [1.82, 2.24) is 10.2 Å². The number of halogens is 1. The maximum absolute atomic E-state index is 12.8. The van der Waals surface area contributed by atoms with Crippen LogP contribution in [0.25, 0.3) is 0 Å². The van der Waals surface area contributed by atoms with E-state index in [0.29, 0.717) is 42.0 Å². The minimum Gasteiger partial charge on any atom is -0.444 e. The van der Waals surface area contributed by atoms with Gasteiger partial charge in [0.1, 0.15) is 5.60 Å². The highest BCUT2D eigenvalue weighted by molar-refractivity contribution is 6.65. The third-order valence-corrected chi connectivity index (χ3v) is 6.58. The summed E-state index contributed by atoms with van der Waals surface area (Å²) in [6.45, 7) is 14.6. The molecule has 2 saturated heterocycles. The third kappa shape index (κ3) is 5.59. The highest BCUT2D eigenvalue weighted by Gasteiger charge is 2.52. The Kier molecular flexibility index (Phi) is 6.90. The summed E-state index contributed by atoms with van der Waals surface area (Å²) in [6, 6.07) is 5.15. The predicted octanol–water partition coefficient (Wildman–Crippen LogP) is 3.77. The molecule has 0 unspecified atom stereocenters. The van der Waals surface area contributed by atoms with Gasteiger partial charge in [0.15, 0.2) is 0 Å². The molecule has 1 aromatic carbocycles. The summed E-state index contributed by atoms with van der Waals surface area (Å²) < 4.78 is 17.5. The number of carbonyl (C=O) groups excluding carboxylic acids is 2. The number of likely N-dealkylation sites (tertiary alicyclic amines) is 1. The highest BCUT2D eigenvalue weighted by Crippen LogP contribution is 2.37. The molecule has 2 aliphatic heterocycles. The normalized spacial score (nSPS) is 20.9. The number of piperidine rings is 1. The summed E-state index contributed by atoms with van der Waals surface area (Å²) in [5.41, 5.74) is -0.276. The van der Waals surface area contributed by atoms with E-state index in [2.05, 4.69) is 5.32 Å². The Labute approximate surface area is 196 Å². The van der Waals surface area contributed by atoms with Crippen LogP contribution >= 0.6 is 11.6 Å². The zero-order valence-electron chi connectivity index (χ0n) is 20.1. The van der Waals surface area contributed by atoms with Gasteiger partial charge in [-0.3, -0.25) is 4.79 Å². The lowest BCUT2D eigenvalue weighted by atomic mass is 9.78. The van der Waals surface area contributed by atoms with E-state index in [0.717, 1.165) is 0 Å². The molecule has 2 fully saturated rings. The fourth-order valence-electron chi connectivity index (χ4n) is 3.63. The van der Waals surface area contributed by atoms with Gasteiger partial charge in [-0.15, -0.1) is 0 Å². The number of benzene rings is 1. The van der Waals surface area contributed by atoms with Crippen LogP contribution in [0.5, 0.6) is 0 Å². The van der Waals surface area contributed by atoms with Crippen molar-refractivity contribution in [2.24, 2.45) is 0 Å².